The summed E-state index contributed by atoms with van der Waals surface area (Å²) in [5.74, 6) is 0. The van der Waals surface area contributed by atoms with Crippen LogP contribution in [-0.4, -0.2) is 18.7 Å². The zero-order valence-corrected chi connectivity index (χ0v) is 12.2. The van der Waals surface area contributed by atoms with E-state index in [1.165, 1.54) is 12.1 Å². The maximum absolute atomic E-state index is 12.3. The van der Waals surface area contributed by atoms with Crippen molar-refractivity contribution >= 4 is 12.4 Å². The molecule has 0 amide bonds. The van der Waals surface area contributed by atoms with Crippen molar-refractivity contribution in [3.05, 3.63) is 29.8 Å². The molecule has 0 spiro atoms. The van der Waals surface area contributed by atoms with E-state index in [0.717, 1.165) is 30.5 Å². The number of hydrogen-bond donors (Lipinski definition) is 1. The molecular weight excluding hydrogens is 243 g/mol. The Morgan fingerprint density at radius 2 is 1.62 bits per heavy atom. The second kappa shape index (κ2) is 5.12. The van der Waals surface area contributed by atoms with Crippen LogP contribution in [0.1, 0.15) is 18.4 Å². The van der Waals surface area contributed by atoms with Crippen LogP contribution in [0, 0.1) is 0 Å². The molecule has 0 bridgehead atoms. The first-order chi connectivity index (χ1) is 6.98. The van der Waals surface area contributed by atoms with Gasteiger partial charge in [-0.3, -0.25) is 0 Å². The van der Waals surface area contributed by atoms with E-state index in [1.807, 2.05) is 0 Å². The average Bonchev–Trinajstić information content (AvgIpc) is 2.97. The van der Waals surface area contributed by atoms with Crippen molar-refractivity contribution in [3.63, 3.8) is 0 Å². The molecule has 0 saturated heterocycles. The predicted octanol–water partition coefficient (Wildman–Crippen LogP) is -1.23. The van der Waals surface area contributed by atoms with Gasteiger partial charge < -0.3 is 18.1 Å². The van der Waals surface area contributed by atoms with Gasteiger partial charge in [0.05, 0.1) is 6.61 Å². The van der Waals surface area contributed by atoms with Gasteiger partial charge in [0.25, 0.3) is 0 Å². The van der Waals surface area contributed by atoms with Gasteiger partial charge in [-0.25, -0.2) is 0 Å². The van der Waals surface area contributed by atoms with Crippen molar-refractivity contribution in [3.8, 4) is 0 Å². The fourth-order valence-electron chi connectivity index (χ4n) is 1.74. The van der Waals surface area contributed by atoms with Gasteiger partial charge in [0, 0.05) is 5.41 Å². The number of aliphatic hydroxyl groups excluding tert-OH is 1. The van der Waals surface area contributed by atoms with Crippen LogP contribution in [0.4, 0.5) is 12.9 Å². The van der Waals surface area contributed by atoms with Gasteiger partial charge in [-0.2, -0.15) is 0 Å². The van der Waals surface area contributed by atoms with E-state index in [1.54, 1.807) is 0 Å². The van der Waals surface area contributed by atoms with Gasteiger partial charge in [0.2, 0.25) is 0 Å². The van der Waals surface area contributed by atoms with Crippen molar-refractivity contribution in [2.75, 3.05) is 6.61 Å². The Morgan fingerprint density at radius 3 is 1.94 bits per heavy atom. The first kappa shape index (κ1) is 14.7. The van der Waals surface area contributed by atoms with E-state index in [4.69, 9.17) is 5.11 Å². The molecular formula is C10H11BF3KO. The molecule has 0 radical (unpaired) electrons. The molecule has 0 aromatic heterocycles. The van der Waals surface area contributed by atoms with Crippen molar-refractivity contribution in [2.45, 2.75) is 18.3 Å². The van der Waals surface area contributed by atoms with Crippen LogP contribution in [0.15, 0.2) is 24.3 Å². The van der Waals surface area contributed by atoms with Crippen molar-refractivity contribution < 1.29 is 69.4 Å². The molecule has 82 valence electrons. The smallest absolute Gasteiger partial charge is 0.445 e. The van der Waals surface area contributed by atoms with E-state index >= 15 is 0 Å². The minimum atomic E-state index is -4.91. The zero-order valence-electron chi connectivity index (χ0n) is 9.09. The summed E-state index contributed by atoms with van der Waals surface area (Å²) in [7, 11) is 0. The molecule has 6 heteroatoms. The SMILES string of the molecule is OCC1(c2ccc([B-](F)(F)F)cc2)CC1.[K+]. The predicted molar refractivity (Wildman–Crippen MR) is 53.2 cm³/mol. The van der Waals surface area contributed by atoms with E-state index in [9.17, 15) is 12.9 Å². The first-order valence-corrected chi connectivity index (χ1v) is 4.89. The van der Waals surface area contributed by atoms with E-state index in [2.05, 4.69) is 0 Å². The molecule has 0 aliphatic heterocycles. The standard InChI is InChI=1S/C10H11BF3O.K/c12-11(13,14)9-3-1-8(2-4-9)10(7-15)5-6-10;/h1-4,15H,5-7H2;/q-1;+1. The fraction of sp³-hybridized carbons (Fsp3) is 0.400. The molecule has 1 saturated carbocycles. The maximum atomic E-state index is 12.3. The molecule has 16 heavy (non-hydrogen) atoms. The topological polar surface area (TPSA) is 20.2 Å². The van der Waals surface area contributed by atoms with E-state index in [-0.39, 0.29) is 63.4 Å². The van der Waals surface area contributed by atoms with E-state index in [0.29, 0.717) is 0 Å². The molecule has 1 aromatic rings. The molecule has 1 nitrogen and oxygen atoms in total. The molecule has 1 fully saturated rings. The van der Waals surface area contributed by atoms with Gasteiger partial charge in [-0.1, -0.05) is 24.3 Å². The summed E-state index contributed by atoms with van der Waals surface area (Å²) < 4.78 is 37.0. The average molecular weight is 254 g/mol. The molecule has 2 rings (SSSR count). The molecule has 1 aliphatic rings. The minimum Gasteiger partial charge on any atom is -0.445 e. The van der Waals surface area contributed by atoms with Crippen molar-refractivity contribution in [1.82, 2.24) is 0 Å². The summed E-state index contributed by atoms with van der Waals surface area (Å²) in [6.07, 6.45) is 1.72. The quantitative estimate of drug-likeness (QED) is 0.670. The third-order valence-electron chi connectivity index (χ3n) is 3.06. The summed E-state index contributed by atoms with van der Waals surface area (Å²) in [5, 5.41) is 9.12. The monoisotopic (exact) mass is 254 g/mol. The third-order valence-corrected chi connectivity index (χ3v) is 3.06. The van der Waals surface area contributed by atoms with Gasteiger partial charge in [-0.05, 0) is 18.4 Å². The van der Waals surface area contributed by atoms with Gasteiger partial charge in [0.1, 0.15) is 0 Å². The molecule has 1 aromatic carbocycles. The molecule has 1 aliphatic carbocycles. The maximum Gasteiger partial charge on any atom is 1.00 e. The van der Waals surface area contributed by atoms with Crippen molar-refractivity contribution in [1.29, 1.82) is 0 Å². The molecule has 0 atom stereocenters. The summed E-state index contributed by atoms with van der Waals surface area (Å²) in [5.41, 5.74) is -0.0155. The Morgan fingerprint density at radius 1 is 1.12 bits per heavy atom. The normalized spacial score (nSPS) is 17.8. The van der Waals surface area contributed by atoms with Gasteiger partial charge >= 0.3 is 58.4 Å². The summed E-state index contributed by atoms with van der Waals surface area (Å²) in [6, 6.07) is 5.16. The van der Waals surface area contributed by atoms with Crippen LogP contribution >= 0.6 is 0 Å². The summed E-state index contributed by atoms with van der Waals surface area (Å²) in [4.78, 5) is 0. The number of halogens is 3. The van der Waals surface area contributed by atoms with Crippen LogP contribution in [0.3, 0.4) is 0 Å². The third kappa shape index (κ3) is 2.91. The molecule has 0 heterocycles. The molecule has 1 N–H and O–H groups in total. The van der Waals surface area contributed by atoms with Crippen LogP contribution in [-0.2, 0) is 5.41 Å². The molecule has 0 unspecified atom stereocenters. The number of hydrogen-bond acceptors (Lipinski definition) is 1. The first-order valence-electron chi connectivity index (χ1n) is 4.89. The zero-order chi connectivity index (χ0) is 11.1. The second-order valence-electron chi connectivity index (χ2n) is 4.14. The number of benzene rings is 1. The Hall–Kier alpha value is 0.671. The Labute approximate surface area is 135 Å². The van der Waals surface area contributed by atoms with E-state index < -0.39 is 12.4 Å². The van der Waals surface area contributed by atoms with Gasteiger partial charge in [0.15, 0.2) is 0 Å². The fourth-order valence-corrected chi connectivity index (χ4v) is 1.74. The van der Waals surface area contributed by atoms with Crippen LogP contribution in [0.5, 0.6) is 0 Å². The van der Waals surface area contributed by atoms with Crippen LogP contribution in [0.2, 0.25) is 0 Å². The Bertz CT molecular complexity index is 359. The number of rotatable bonds is 3. The Balaban J connectivity index is 0.00000128. The largest absolute Gasteiger partial charge is 1.00 e. The van der Waals surface area contributed by atoms with Gasteiger partial charge in [-0.15, -0.1) is 5.46 Å². The summed E-state index contributed by atoms with van der Waals surface area (Å²) in [6.45, 7) is -4.89. The number of aliphatic hydroxyl groups is 1. The minimum absolute atomic E-state index is 0. The second-order valence-corrected chi connectivity index (χ2v) is 4.14. The Kier molecular flexibility index (Phi) is 4.71. The van der Waals surface area contributed by atoms with Crippen LogP contribution in [0.25, 0.3) is 0 Å². The van der Waals surface area contributed by atoms with Crippen molar-refractivity contribution in [2.24, 2.45) is 0 Å². The van der Waals surface area contributed by atoms with Crippen LogP contribution < -0.4 is 56.8 Å². The summed E-state index contributed by atoms with van der Waals surface area (Å²) >= 11 is 0.